The molecule has 0 amide bonds. The number of hydroxylamine groups is 2. The Kier molecular flexibility index (Phi) is 9.75. The topological polar surface area (TPSA) is 112 Å². The third kappa shape index (κ3) is 6.91. The molecule has 2 aromatic heterocycles. The number of nitrogens with zero attached hydrogens (tertiary/aromatic N) is 7. The molecular formula is C36H39Cl2N7O5. The lowest BCUT2D eigenvalue weighted by Gasteiger charge is -2.48. The molecule has 0 saturated carbocycles. The zero-order valence-electron chi connectivity index (χ0n) is 27.9. The molecule has 0 radical (unpaired) electrons. The van der Waals surface area contributed by atoms with Gasteiger partial charge in [0.05, 0.1) is 43.0 Å². The molecule has 2 aliphatic heterocycles. The second-order valence-corrected chi connectivity index (χ2v) is 13.6. The number of hydrogen-bond acceptors (Lipinski definition) is 8. The molecule has 0 aliphatic carbocycles. The molecule has 12 nitrogen and oxygen atoms in total. The average molecular weight is 721 g/mol. The number of rotatable bonds is 11. The summed E-state index contributed by atoms with van der Waals surface area (Å²) in [5.41, 5.74) is 2.96. The van der Waals surface area contributed by atoms with E-state index in [-0.39, 0.29) is 24.4 Å². The van der Waals surface area contributed by atoms with Gasteiger partial charge in [-0.05, 0) is 67.9 Å². The van der Waals surface area contributed by atoms with Crippen LogP contribution in [0.15, 0.2) is 96.3 Å². The lowest BCUT2D eigenvalue weighted by Crippen LogP contribution is -2.57. The van der Waals surface area contributed by atoms with Gasteiger partial charge in [-0.15, -0.1) is 0 Å². The van der Waals surface area contributed by atoms with E-state index in [1.165, 1.54) is 4.68 Å². The molecule has 4 heterocycles. The summed E-state index contributed by atoms with van der Waals surface area (Å²) in [5.74, 6) is -0.531. The SMILES string of the molecule is CCC(C)n1ncn(-c2ccc(N3CC[N+]([O-])(c4ccc(OC[C@H]5CO[C@](Cn6cccn6)(c6ccc(Cl)cc6Cl)O5)cc4)CC3)cc2)c1=O. The van der Waals surface area contributed by atoms with E-state index in [2.05, 4.69) is 15.1 Å². The minimum Gasteiger partial charge on any atom is -0.627 e. The van der Waals surface area contributed by atoms with Crippen LogP contribution in [0.5, 0.6) is 5.75 Å². The fourth-order valence-corrected chi connectivity index (χ4v) is 7.01. The maximum Gasteiger partial charge on any atom is 0.350 e. The highest BCUT2D eigenvalue weighted by molar-refractivity contribution is 6.35. The lowest BCUT2D eigenvalue weighted by molar-refractivity contribution is -0.190. The van der Waals surface area contributed by atoms with Crippen LogP contribution in [0.3, 0.4) is 0 Å². The first-order chi connectivity index (χ1) is 24.2. The zero-order valence-corrected chi connectivity index (χ0v) is 29.4. The molecule has 1 unspecified atom stereocenters. The van der Waals surface area contributed by atoms with Gasteiger partial charge in [0.15, 0.2) is 0 Å². The van der Waals surface area contributed by atoms with E-state index >= 15 is 0 Å². The van der Waals surface area contributed by atoms with Gasteiger partial charge in [-0.3, -0.25) is 4.68 Å². The molecule has 5 aromatic rings. The molecule has 3 atom stereocenters. The van der Waals surface area contributed by atoms with Crippen LogP contribution in [-0.2, 0) is 21.8 Å². The van der Waals surface area contributed by atoms with E-state index < -0.39 is 10.4 Å². The number of ether oxygens (including phenoxy) is 3. The molecule has 0 N–H and O–H groups in total. The first kappa shape index (κ1) is 34.3. The van der Waals surface area contributed by atoms with Crippen molar-refractivity contribution in [1.82, 2.24) is 28.8 Å². The normalized spacial score (nSPS) is 21.0. The molecule has 50 heavy (non-hydrogen) atoms. The van der Waals surface area contributed by atoms with Gasteiger partial charge in [-0.2, -0.15) is 10.2 Å². The number of anilines is 1. The summed E-state index contributed by atoms with van der Waals surface area (Å²) in [6.45, 7) is 6.85. The van der Waals surface area contributed by atoms with Crippen molar-refractivity contribution in [3.8, 4) is 11.4 Å². The Balaban J connectivity index is 0.947. The summed E-state index contributed by atoms with van der Waals surface area (Å²) >= 11 is 12.7. The van der Waals surface area contributed by atoms with Crippen molar-refractivity contribution >= 4 is 34.6 Å². The maximum atomic E-state index is 13.9. The number of aromatic nitrogens is 5. The van der Waals surface area contributed by atoms with Crippen LogP contribution < -0.4 is 20.0 Å². The van der Waals surface area contributed by atoms with Gasteiger partial charge in [0.1, 0.15) is 43.6 Å². The van der Waals surface area contributed by atoms with Gasteiger partial charge >= 0.3 is 5.69 Å². The Morgan fingerprint density at radius 1 is 1.04 bits per heavy atom. The third-order valence-corrected chi connectivity index (χ3v) is 10.1. The zero-order chi connectivity index (χ0) is 34.9. The van der Waals surface area contributed by atoms with Crippen molar-refractivity contribution < 1.29 is 14.2 Å². The molecule has 2 saturated heterocycles. The highest BCUT2D eigenvalue weighted by atomic mass is 35.5. The van der Waals surface area contributed by atoms with Crippen LogP contribution in [0, 0.1) is 5.21 Å². The van der Waals surface area contributed by atoms with Gasteiger partial charge < -0.3 is 29.0 Å². The molecule has 2 aliphatic rings. The number of hydrogen-bond donors (Lipinski definition) is 0. The van der Waals surface area contributed by atoms with Crippen molar-refractivity contribution in [2.45, 2.75) is 44.7 Å². The van der Waals surface area contributed by atoms with Crippen LogP contribution in [0.2, 0.25) is 10.0 Å². The average Bonchev–Trinajstić information content (AvgIpc) is 3.89. The molecule has 3 aromatic carbocycles. The van der Waals surface area contributed by atoms with Gasteiger partial charge in [0.2, 0.25) is 5.79 Å². The van der Waals surface area contributed by atoms with Crippen molar-refractivity contribution in [1.29, 1.82) is 0 Å². The first-order valence-corrected chi connectivity index (χ1v) is 17.5. The second kappa shape index (κ2) is 14.2. The van der Waals surface area contributed by atoms with Crippen molar-refractivity contribution in [2.24, 2.45) is 0 Å². The molecule has 2 fully saturated rings. The lowest BCUT2D eigenvalue weighted by atomic mass is 10.1. The molecule has 262 valence electrons. The van der Waals surface area contributed by atoms with Crippen LogP contribution in [-0.4, -0.2) is 69.6 Å². The first-order valence-electron chi connectivity index (χ1n) is 16.7. The minimum absolute atomic E-state index is 0.0360. The van der Waals surface area contributed by atoms with Crippen molar-refractivity contribution in [3.63, 3.8) is 0 Å². The standard InChI is InChI=1S/C36H39Cl2N7O5/c1-3-26(2)44-35(46)43(25-40-44)29-8-6-28(7-9-29)41-17-19-45(47,20-18-41)30-10-12-31(13-11-30)48-22-32-23-49-36(50-32,24-42-16-4-15-39-42)33-14-5-27(37)21-34(33)38/h4-16,21,25-26,32H,3,17-20,22-24H2,1-2H3/t26?,32-,36-/m0/s1. The smallest absolute Gasteiger partial charge is 0.350 e. The molecule has 14 heteroatoms. The highest BCUT2D eigenvalue weighted by Gasteiger charge is 2.45. The Hall–Kier alpha value is -4.17. The van der Waals surface area contributed by atoms with E-state index in [0.717, 1.165) is 17.8 Å². The van der Waals surface area contributed by atoms with Gasteiger partial charge in [-0.1, -0.05) is 36.2 Å². The minimum atomic E-state index is -1.16. The second-order valence-electron chi connectivity index (χ2n) is 12.8. The van der Waals surface area contributed by atoms with Crippen LogP contribution >= 0.6 is 23.2 Å². The number of benzene rings is 3. The maximum absolute atomic E-state index is 13.9. The van der Waals surface area contributed by atoms with E-state index in [9.17, 15) is 10.0 Å². The third-order valence-electron chi connectivity index (χ3n) is 9.53. The van der Waals surface area contributed by atoms with Crippen molar-refractivity contribution in [2.75, 3.05) is 44.3 Å². The Labute approximate surface area is 300 Å². The van der Waals surface area contributed by atoms with Gasteiger partial charge in [-0.25, -0.2) is 14.0 Å². The van der Waals surface area contributed by atoms with E-state index in [4.69, 9.17) is 37.4 Å². The van der Waals surface area contributed by atoms with Crippen molar-refractivity contribution in [3.05, 3.63) is 123 Å². The summed E-state index contributed by atoms with van der Waals surface area (Å²) in [6.07, 6.45) is 5.55. The van der Waals surface area contributed by atoms with Crippen LogP contribution in [0.25, 0.3) is 5.69 Å². The fraction of sp³-hybridized carbons (Fsp3) is 0.361. The van der Waals surface area contributed by atoms with Gasteiger partial charge in [0.25, 0.3) is 0 Å². The monoisotopic (exact) mass is 719 g/mol. The summed E-state index contributed by atoms with van der Waals surface area (Å²) in [7, 11) is 0. The number of piperazine rings is 1. The Bertz CT molecular complexity index is 1960. The van der Waals surface area contributed by atoms with Crippen LogP contribution in [0.1, 0.15) is 31.9 Å². The Morgan fingerprint density at radius 3 is 2.46 bits per heavy atom. The number of quaternary nitrogens is 1. The summed E-state index contributed by atoms with van der Waals surface area (Å²) < 4.78 is 23.2. The van der Waals surface area contributed by atoms with E-state index in [1.54, 1.807) is 33.9 Å². The fourth-order valence-electron chi connectivity index (χ4n) is 6.46. The predicted molar refractivity (Wildman–Crippen MR) is 193 cm³/mol. The van der Waals surface area contributed by atoms with Crippen LogP contribution in [0.4, 0.5) is 11.4 Å². The summed E-state index contributed by atoms with van der Waals surface area (Å²) in [4.78, 5) is 15.0. The molecule has 7 rings (SSSR count). The highest BCUT2D eigenvalue weighted by Crippen LogP contribution is 2.40. The molecule has 0 spiro atoms. The van der Waals surface area contributed by atoms with E-state index in [0.29, 0.717) is 66.4 Å². The summed E-state index contributed by atoms with van der Waals surface area (Å²) in [5, 5.41) is 23.4. The molecular weight excluding hydrogens is 681 g/mol. The Morgan fingerprint density at radius 2 is 1.78 bits per heavy atom. The largest absolute Gasteiger partial charge is 0.627 e. The predicted octanol–water partition coefficient (Wildman–Crippen LogP) is 6.18. The summed E-state index contributed by atoms with van der Waals surface area (Å²) in [6, 6.07) is 22.2. The van der Waals surface area contributed by atoms with E-state index in [1.807, 2.05) is 80.7 Å². The number of halogens is 2. The quantitative estimate of drug-likeness (QED) is 0.118. The van der Waals surface area contributed by atoms with Gasteiger partial charge in [0, 0.05) is 40.8 Å². The molecule has 0 bridgehead atoms.